The van der Waals surface area contributed by atoms with E-state index in [1.807, 2.05) is 31.2 Å². The fourth-order valence-corrected chi connectivity index (χ4v) is 3.23. The van der Waals surface area contributed by atoms with Gasteiger partial charge in [0.1, 0.15) is 0 Å². The molecular formula is C20H23NO4S. The van der Waals surface area contributed by atoms with Crippen molar-refractivity contribution in [3.63, 3.8) is 0 Å². The van der Waals surface area contributed by atoms with Crippen molar-refractivity contribution in [2.75, 3.05) is 12.9 Å². The van der Waals surface area contributed by atoms with Gasteiger partial charge in [0.2, 0.25) is 0 Å². The summed E-state index contributed by atoms with van der Waals surface area (Å²) < 4.78 is 16.7. The number of hydrogen-bond donors (Lipinski definition) is 1. The van der Waals surface area contributed by atoms with Crippen molar-refractivity contribution in [2.24, 2.45) is 0 Å². The van der Waals surface area contributed by atoms with Crippen LogP contribution in [0, 0.1) is 0 Å². The van der Waals surface area contributed by atoms with Crippen LogP contribution in [-0.4, -0.2) is 28.9 Å². The Labute approximate surface area is 156 Å². The van der Waals surface area contributed by atoms with Gasteiger partial charge in [-0.15, -0.1) is 0 Å². The summed E-state index contributed by atoms with van der Waals surface area (Å²) >= 11 is 0. The molecule has 0 bridgehead atoms. The Morgan fingerprint density at radius 3 is 2.38 bits per heavy atom. The molecule has 5 nitrogen and oxygen atoms in total. The van der Waals surface area contributed by atoms with Crippen molar-refractivity contribution >= 4 is 22.7 Å². The smallest absolute Gasteiger partial charge is 0.339 e. The summed E-state index contributed by atoms with van der Waals surface area (Å²) in [4.78, 5) is 24.6. The minimum absolute atomic E-state index is 0.192. The Hall–Kier alpha value is -2.47. The van der Waals surface area contributed by atoms with Gasteiger partial charge in [0.25, 0.3) is 5.91 Å². The van der Waals surface area contributed by atoms with E-state index in [1.165, 1.54) is 17.9 Å². The Balaban J connectivity index is 1.92. The molecule has 0 saturated heterocycles. The molecule has 2 aromatic rings. The summed E-state index contributed by atoms with van der Waals surface area (Å²) in [5, 5.41) is 2.80. The average Bonchev–Trinajstić information content (AvgIpc) is 2.66. The minimum atomic E-state index is -1.31. The second-order valence-electron chi connectivity index (χ2n) is 5.91. The molecule has 0 fully saturated rings. The Morgan fingerprint density at radius 1 is 1.12 bits per heavy atom. The topological polar surface area (TPSA) is 72.5 Å². The minimum Gasteiger partial charge on any atom is -0.452 e. The molecule has 2 rings (SSSR count). The number of benzene rings is 2. The fraction of sp³-hybridized carbons (Fsp3) is 0.300. The van der Waals surface area contributed by atoms with Crippen LogP contribution in [-0.2, 0) is 26.8 Å². The summed E-state index contributed by atoms with van der Waals surface area (Å²) in [6.07, 6.45) is 2.45. The van der Waals surface area contributed by atoms with Gasteiger partial charge in [0.15, 0.2) is 6.61 Å². The molecule has 2 aromatic carbocycles. The zero-order valence-corrected chi connectivity index (χ0v) is 16.0. The van der Waals surface area contributed by atoms with Crippen molar-refractivity contribution in [3.8, 4) is 0 Å². The molecule has 0 aromatic heterocycles. The maximum Gasteiger partial charge on any atom is 0.339 e. The quantitative estimate of drug-likeness (QED) is 0.757. The van der Waals surface area contributed by atoms with Crippen LogP contribution < -0.4 is 5.32 Å². The number of ether oxygens (including phenoxy) is 1. The largest absolute Gasteiger partial charge is 0.452 e. The first kappa shape index (κ1) is 19.8. The molecule has 138 valence electrons. The van der Waals surface area contributed by atoms with Gasteiger partial charge in [0.05, 0.1) is 27.3 Å². The van der Waals surface area contributed by atoms with Gasteiger partial charge in [-0.1, -0.05) is 43.3 Å². The molecule has 2 atom stereocenters. The maximum atomic E-state index is 12.2. The molecule has 6 heteroatoms. The van der Waals surface area contributed by atoms with Crippen LogP contribution in [0.4, 0.5) is 0 Å². The molecule has 0 radical (unpaired) electrons. The Morgan fingerprint density at radius 2 is 1.77 bits per heavy atom. The predicted octanol–water partition coefficient (Wildman–Crippen LogP) is 3.02. The lowest BCUT2D eigenvalue weighted by atomic mass is 10.1. The lowest BCUT2D eigenvalue weighted by Gasteiger charge is -2.15. The SMILES string of the molecule is CCc1ccc([C@H](C)NC(=O)COC(=O)c2ccccc2[S@@](C)=O)cc1. The van der Waals surface area contributed by atoms with Gasteiger partial charge >= 0.3 is 5.97 Å². The van der Waals surface area contributed by atoms with E-state index in [2.05, 4.69) is 12.2 Å². The third-order valence-corrected chi connectivity index (χ3v) is 4.99. The number of carbonyl (C=O) groups excluding carboxylic acids is 2. The van der Waals surface area contributed by atoms with Crippen LogP contribution in [0.3, 0.4) is 0 Å². The Kier molecular flexibility index (Phi) is 7.09. The highest BCUT2D eigenvalue weighted by molar-refractivity contribution is 7.84. The van der Waals surface area contributed by atoms with Crippen LogP contribution in [0.25, 0.3) is 0 Å². The molecule has 1 N–H and O–H groups in total. The highest BCUT2D eigenvalue weighted by Crippen LogP contribution is 2.15. The summed E-state index contributed by atoms with van der Waals surface area (Å²) in [5.74, 6) is -1.05. The van der Waals surface area contributed by atoms with Crippen LogP contribution >= 0.6 is 0 Å². The van der Waals surface area contributed by atoms with Crippen LogP contribution in [0.15, 0.2) is 53.4 Å². The summed E-state index contributed by atoms with van der Waals surface area (Å²) in [6.45, 7) is 3.57. The van der Waals surface area contributed by atoms with Gasteiger partial charge in [-0.2, -0.15) is 0 Å². The first-order valence-electron chi connectivity index (χ1n) is 8.40. The molecule has 0 spiro atoms. The highest BCUT2D eigenvalue weighted by atomic mass is 32.2. The van der Waals surface area contributed by atoms with Crippen LogP contribution in [0.1, 0.15) is 41.4 Å². The van der Waals surface area contributed by atoms with Gasteiger partial charge in [0, 0.05) is 6.26 Å². The molecule has 0 unspecified atom stereocenters. The summed E-state index contributed by atoms with van der Waals surface area (Å²) in [6, 6.07) is 14.3. The van der Waals surface area contributed by atoms with E-state index >= 15 is 0 Å². The second kappa shape index (κ2) is 9.29. The van der Waals surface area contributed by atoms with E-state index in [-0.39, 0.29) is 24.1 Å². The van der Waals surface area contributed by atoms with E-state index in [0.717, 1.165) is 12.0 Å². The lowest BCUT2D eigenvalue weighted by molar-refractivity contribution is -0.124. The van der Waals surface area contributed by atoms with Gasteiger partial charge in [-0.25, -0.2) is 4.79 Å². The van der Waals surface area contributed by atoms with Crippen molar-refractivity contribution in [1.29, 1.82) is 0 Å². The summed E-state index contributed by atoms with van der Waals surface area (Å²) in [5.41, 5.74) is 2.42. The number of esters is 1. The third-order valence-electron chi connectivity index (χ3n) is 4.02. The molecule has 1 amide bonds. The van der Waals surface area contributed by atoms with Crippen molar-refractivity contribution in [2.45, 2.75) is 31.2 Å². The number of aryl methyl sites for hydroxylation is 1. The Bertz CT molecular complexity index is 802. The molecule has 0 aliphatic carbocycles. The van der Waals surface area contributed by atoms with Crippen molar-refractivity contribution in [1.82, 2.24) is 5.32 Å². The second-order valence-corrected chi connectivity index (χ2v) is 7.26. The van der Waals surface area contributed by atoms with Gasteiger partial charge in [-0.05, 0) is 36.6 Å². The zero-order valence-electron chi connectivity index (χ0n) is 15.2. The molecule has 0 saturated carbocycles. The number of hydrogen-bond acceptors (Lipinski definition) is 4. The zero-order chi connectivity index (χ0) is 19.1. The number of amides is 1. The molecule has 0 aliphatic heterocycles. The number of rotatable bonds is 7. The van der Waals surface area contributed by atoms with E-state index in [9.17, 15) is 13.8 Å². The first-order chi connectivity index (χ1) is 12.4. The fourth-order valence-electron chi connectivity index (χ4n) is 2.50. The maximum absolute atomic E-state index is 12.2. The third kappa shape index (κ3) is 5.26. The van der Waals surface area contributed by atoms with E-state index in [4.69, 9.17) is 4.74 Å². The normalized spacial score (nSPS) is 12.9. The van der Waals surface area contributed by atoms with Crippen molar-refractivity contribution in [3.05, 3.63) is 65.2 Å². The van der Waals surface area contributed by atoms with Gasteiger partial charge in [-0.3, -0.25) is 9.00 Å². The average molecular weight is 373 g/mol. The predicted molar refractivity (Wildman–Crippen MR) is 101 cm³/mol. The van der Waals surface area contributed by atoms with E-state index < -0.39 is 16.8 Å². The van der Waals surface area contributed by atoms with Gasteiger partial charge < -0.3 is 10.1 Å². The monoisotopic (exact) mass is 373 g/mol. The van der Waals surface area contributed by atoms with Crippen LogP contribution in [0.2, 0.25) is 0 Å². The molecule has 26 heavy (non-hydrogen) atoms. The van der Waals surface area contributed by atoms with E-state index in [0.29, 0.717) is 4.90 Å². The van der Waals surface area contributed by atoms with Crippen LogP contribution in [0.5, 0.6) is 0 Å². The standard InChI is InChI=1S/C20H23NO4S/c1-4-15-9-11-16(12-10-15)14(2)21-19(22)13-25-20(23)17-7-5-6-8-18(17)26(3)24/h5-12,14H,4,13H2,1-3H3,(H,21,22)/t14-,26+/m0/s1. The molecule has 0 heterocycles. The number of nitrogens with one attached hydrogen (secondary N) is 1. The molecular weight excluding hydrogens is 350 g/mol. The van der Waals surface area contributed by atoms with Crippen molar-refractivity contribution < 1.29 is 18.5 Å². The molecule has 0 aliphatic rings. The number of carbonyl (C=O) groups is 2. The highest BCUT2D eigenvalue weighted by Gasteiger charge is 2.17. The van der Waals surface area contributed by atoms with E-state index in [1.54, 1.807) is 18.2 Å². The summed E-state index contributed by atoms with van der Waals surface area (Å²) in [7, 11) is -1.31. The lowest BCUT2D eigenvalue weighted by Crippen LogP contribution is -2.31. The first-order valence-corrected chi connectivity index (χ1v) is 9.96.